The van der Waals surface area contributed by atoms with Crippen LogP contribution in [0, 0.1) is 15.9 Å². The largest absolute Gasteiger partial charge is 0.297 e. The van der Waals surface area contributed by atoms with Gasteiger partial charge in [0.15, 0.2) is 11.0 Å². The summed E-state index contributed by atoms with van der Waals surface area (Å²) >= 11 is 1.41. The van der Waals surface area contributed by atoms with Crippen molar-refractivity contribution in [2.24, 2.45) is 0 Å². The van der Waals surface area contributed by atoms with Gasteiger partial charge in [0.1, 0.15) is 5.82 Å². The van der Waals surface area contributed by atoms with Gasteiger partial charge in [-0.25, -0.2) is 4.39 Å². The molecule has 0 spiro atoms. The maximum Gasteiger partial charge on any atom is 0.269 e. The van der Waals surface area contributed by atoms with E-state index in [0.29, 0.717) is 28.8 Å². The number of rotatable bonds is 7. The normalized spacial score (nSPS) is 10.8. The molecule has 0 bridgehead atoms. The summed E-state index contributed by atoms with van der Waals surface area (Å²) in [5.74, 6) is 0.555. The molecule has 3 aromatic carbocycles. The lowest BCUT2D eigenvalue weighted by Gasteiger charge is -2.11. The van der Waals surface area contributed by atoms with Crippen molar-refractivity contribution in [3.8, 4) is 11.4 Å². The summed E-state index contributed by atoms with van der Waals surface area (Å²) in [5, 5.41) is 20.2. The Bertz CT molecular complexity index is 1180. The van der Waals surface area contributed by atoms with E-state index in [1.807, 2.05) is 41.0 Å². The van der Waals surface area contributed by atoms with Crippen molar-refractivity contribution < 1.29 is 9.31 Å². The highest BCUT2D eigenvalue weighted by atomic mass is 32.2. The van der Waals surface area contributed by atoms with Gasteiger partial charge in [0.25, 0.3) is 5.69 Å². The Kier molecular flexibility index (Phi) is 5.85. The Morgan fingerprint density at radius 3 is 2.43 bits per heavy atom. The molecule has 0 amide bonds. The van der Waals surface area contributed by atoms with Gasteiger partial charge in [-0.2, -0.15) is 0 Å². The Morgan fingerprint density at radius 1 is 0.933 bits per heavy atom. The number of nitro benzene ring substituents is 1. The number of benzene rings is 3. The predicted molar refractivity (Wildman–Crippen MR) is 114 cm³/mol. The van der Waals surface area contributed by atoms with E-state index < -0.39 is 4.92 Å². The molecule has 0 radical (unpaired) electrons. The molecule has 4 rings (SSSR count). The van der Waals surface area contributed by atoms with Crippen molar-refractivity contribution in [1.82, 2.24) is 14.8 Å². The summed E-state index contributed by atoms with van der Waals surface area (Å²) in [6.07, 6.45) is 0. The summed E-state index contributed by atoms with van der Waals surface area (Å²) in [4.78, 5) is 10.6. The number of non-ortho nitro benzene ring substituents is 1. The summed E-state index contributed by atoms with van der Waals surface area (Å²) in [5.41, 5.74) is 2.26. The minimum absolute atomic E-state index is 0.0471. The molecule has 0 N–H and O–H groups in total. The van der Waals surface area contributed by atoms with Crippen LogP contribution in [0.3, 0.4) is 0 Å². The van der Waals surface area contributed by atoms with Gasteiger partial charge in [0, 0.05) is 17.9 Å². The second-order valence-corrected chi connectivity index (χ2v) is 7.52. The van der Waals surface area contributed by atoms with Crippen molar-refractivity contribution >= 4 is 17.4 Å². The van der Waals surface area contributed by atoms with Crippen molar-refractivity contribution in [3.63, 3.8) is 0 Å². The van der Waals surface area contributed by atoms with E-state index in [2.05, 4.69) is 10.2 Å². The third-order valence-corrected chi connectivity index (χ3v) is 5.54. The van der Waals surface area contributed by atoms with Crippen LogP contribution in [0.15, 0.2) is 84.0 Å². The zero-order chi connectivity index (χ0) is 20.9. The minimum Gasteiger partial charge on any atom is -0.297 e. The zero-order valence-electron chi connectivity index (χ0n) is 15.8. The molecule has 150 valence electrons. The van der Waals surface area contributed by atoms with Crippen molar-refractivity contribution in [1.29, 1.82) is 0 Å². The van der Waals surface area contributed by atoms with Gasteiger partial charge in [-0.05, 0) is 23.3 Å². The molecule has 0 aliphatic carbocycles. The van der Waals surface area contributed by atoms with Gasteiger partial charge in [-0.15, -0.1) is 10.2 Å². The van der Waals surface area contributed by atoms with E-state index in [0.717, 1.165) is 11.1 Å². The van der Waals surface area contributed by atoms with Gasteiger partial charge < -0.3 is 0 Å². The fourth-order valence-corrected chi connectivity index (χ4v) is 3.93. The van der Waals surface area contributed by atoms with E-state index in [1.54, 1.807) is 30.3 Å². The number of hydrogen-bond donors (Lipinski definition) is 0. The van der Waals surface area contributed by atoms with Crippen LogP contribution in [0.5, 0.6) is 0 Å². The number of thioether (sulfide) groups is 1. The van der Waals surface area contributed by atoms with Crippen molar-refractivity contribution in [2.45, 2.75) is 17.5 Å². The number of nitrogens with zero attached hydrogens (tertiary/aromatic N) is 4. The summed E-state index contributed by atoms with van der Waals surface area (Å²) in [7, 11) is 0. The summed E-state index contributed by atoms with van der Waals surface area (Å²) in [6.45, 7) is 0.481. The third-order valence-electron chi connectivity index (χ3n) is 4.50. The molecule has 1 aromatic heterocycles. The minimum atomic E-state index is -0.414. The molecule has 30 heavy (non-hydrogen) atoms. The number of halogens is 1. The molecule has 0 saturated carbocycles. The molecule has 0 aliphatic heterocycles. The summed E-state index contributed by atoms with van der Waals surface area (Å²) < 4.78 is 16.3. The molecule has 6 nitrogen and oxygen atoms in total. The Balaban J connectivity index is 1.66. The molecule has 4 aromatic rings. The van der Waals surface area contributed by atoms with Crippen molar-refractivity contribution in [3.05, 3.63) is 106 Å². The van der Waals surface area contributed by atoms with Crippen LogP contribution in [0.1, 0.15) is 11.1 Å². The maximum absolute atomic E-state index is 14.4. The maximum atomic E-state index is 14.4. The molecule has 1 heterocycles. The Labute approximate surface area is 176 Å². The molecule has 0 saturated heterocycles. The lowest BCUT2D eigenvalue weighted by atomic mass is 10.2. The Morgan fingerprint density at radius 2 is 1.67 bits per heavy atom. The van der Waals surface area contributed by atoms with Crippen LogP contribution in [-0.4, -0.2) is 19.7 Å². The number of nitro groups is 1. The van der Waals surface area contributed by atoms with Crippen LogP contribution in [0.2, 0.25) is 0 Å². The van der Waals surface area contributed by atoms with E-state index in [-0.39, 0.29) is 11.5 Å². The van der Waals surface area contributed by atoms with E-state index in [9.17, 15) is 14.5 Å². The Hall–Kier alpha value is -3.52. The lowest BCUT2D eigenvalue weighted by Crippen LogP contribution is -2.05. The smallest absolute Gasteiger partial charge is 0.269 e. The first-order valence-electron chi connectivity index (χ1n) is 9.20. The van der Waals surface area contributed by atoms with E-state index in [4.69, 9.17) is 0 Å². The third kappa shape index (κ3) is 4.38. The van der Waals surface area contributed by atoms with E-state index in [1.165, 1.54) is 23.9 Å². The van der Waals surface area contributed by atoms with Crippen molar-refractivity contribution in [2.75, 3.05) is 0 Å². The first kappa shape index (κ1) is 19.8. The number of hydrogen-bond acceptors (Lipinski definition) is 5. The molecule has 0 aliphatic rings. The highest BCUT2D eigenvalue weighted by Gasteiger charge is 2.18. The average molecular weight is 420 g/mol. The molecule has 0 atom stereocenters. The topological polar surface area (TPSA) is 73.8 Å². The second kappa shape index (κ2) is 8.87. The van der Waals surface area contributed by atoms with Crippen LogP contribution in [0.4, 0.5) is 10.1 Å². The second-order valence-electron chi connectivity index (χ2n) is 6.57. The standard InChI is InChI=1S/C22H17FN4O2S/c23-20-12-5-4-11-19(20)21-24-25-22(26(21)14-16-7-2-1-3-8-16)30-15-17-9-6-10-18(13-17)27(28)29/h1-13H,14-15H2. The first-order valence-corrected chi connectivity index (χ1v) is 10.2. The molecular formula is C22H17FN4O2S. The van der Waals surface area contributed by atoms with Gasteiger partial charge >= 0.3 is 0 Å². The zero-order valence-corrected chi connectivity index (χ0v) is 16.6. The molecule has 0 unspecified atom stereocenters. The monoisotopic (exact) mass is 420 g/mol. The highest BCUT2D eigenvalue weighted by Crippen LogP contribution is 2.29. The fourth-order valence-electron chi connectivity index (χ4n) is 3.05. The van der Waals surface area contributed by atoms with Gasteiger partial charge in [-0.3, -0.25) is 14.7 Å². The van der Waals surface area contributed by atoms with Crippen LogP contribution < -0.4 is 0 Å². The average Bonchev–Trinajstić information content (AvgIpc) is 3.15. The van der Waals surface area contributed by atoms with Gasteiger partial charge in [-0.1, -0.05) is 66.4 Å². The lowest BCUT2D eigenvalue weighted by molar-refractivity contribution is -0.384. The summed E-state index contributed by atoms with van der Waals surface area (Å²) in [6, 6.07) is 22.8. The first-order chi connectivity index (χ1) is 14.6. The molecular weight excluding hydrogens is 403 g/mol. The molecule has 0 fully saturated rings. The van der Waals surface area contributed by atoms with E-state index >= 15 is 0 Å². The predicted octanol–water partition coefficient (Wildman–Crippen LogP) is 5.33. The van der Waals surface area contributed by atoms with Gasteiger partial charge in [0.05, 0.1) is 17.0 Å². The SMILES string of the molecule is O=[N+]([O-])c1cccc(CSc2nnc(-c3ccccc3F)n2Cc2ccccc2)c1. The highest BCUT2D eigenvalue weighted by molar-refractivity contribution is 7.98. The number of aromatic nitrogens is 3. The fraction of sp³-hybridized carbons (Fsp3) is 0.0909. The van der Waals surface area contributed by atoms with Crippen LogP contribution in [0.25, 0.3) is 11.4 Å². The quantitative estimate of drug-likeness (QED) is 0.229. The molecule has 8 heteroatoms. The van der Waals surface area contributed by atoms with Crippen LogP contribution in [-0.2, 0) is 12.3 Å². The van der Waals surface area contributed by atoms with Gasteiger partial charge in [0.2, 0.25) is 0 Å². The van der Waals surface area contributed by atoms with Crippen LogP contribution >= 0.6 is 11.8 Å².